The summed E-state index contributed by atoms with van der Waals surface area (Å²) in [6, 6.07) is 57.0. The van der Waals surface area contributed by atoms with Crippen LogP contribution in [-0.2, 0) is 17.7 Å². The highest BCUT2D eigenvalue weighted by atomic mass is 16.6. The fourth-order valence-electron chi connectivity index (χ4n) is 8.88. The molecule has 12 rings (SSSR count). The van der Waals surface area contributed by atoms with E-state index >= 15 is 0 Å². The van der Waals surface area contributed by atoms with Crippen molar-refractivity contribution in [3.63, 3.8) is 0 Å². The summed E-state index contributed by atoms with van der Waals surface area (Å²) in [4.78, 5) is 34.0. The number of hydrogen-bond donors (Lipinski definition) is 7. The maximum Gasteiger partial charge on any atom is 0.237 e. The monoisotopic (exact) mass is 936 g/mol. The first kappa shape index (κ1) is 44.4. The average molecular weight is 937 g/mol. The van der Waals surface area contributed by atoms with Crippen molar-refractivity contribution in [2.45, 2.75) is 12.8 Å². The van der Waals surface area contributed by atoms with E-state index in [1.807, 2.05) is 78.3 Å². The smallest absolute Gasteiger partial charge is 0.237 e. The predicted octanol–water partition coefficient (Wildman–Crippen LogP) is 12.1. The predicted molar refractivity (Wildman–Crippen MR) is 281 cm³/mol. The third-order valence-corrected chi connectivity index (χ3v) is 12.8. The van der Waals surface area contributed by atoms with Crippen LogP contribution >= 0.6 is 0 Å². The molecule has 0 unspecified atom stereocenters. The van der Waals surface area contributed by atoms with Gasteiger partial charge in [0.25, 0.3) is 0 Å². The Hall–Kier alpha value is -10.1. The van der Waals surface area contributed by atoms with Crippen molar-refractivity contribution in [2.75, 3.05) is 0 Å². The molecule has 8 N–H and O–H groups in total. The van der Waals surface area contributed by atoms with Gasteiger partial charge < -0.3 is 14.8 Å². The van der Waals surface area contributed by atoms with Gasteiger partial charge in [-0.2, -0.15) is 11.2 Å². The molecule has 0 saturated heterocycles. The molecule has 344 valence electrons. The largest absolute Gasteiger partial charge is 0.391 e. The van der Waals surface area contributed by atoms with Crippen LogP contribution in [0.15, 0.2) is 180 Å². The van der Waals surface area contributed by atoms with Crippen molar-refractivity contribution in [3.8, 4) is 51.1 Å². The van der Waals surface area contributed by atoms with Crippen LogP contribution in [0.3, 0.4) is 0 Å². The number of nitriles is 1. The number of amidine groups is 1. The highest BCUT2D eigenvalue weighted by molar-refractivity contribution is 6.08. The maximum atomic E-state index is 9.02. The number of H-pyrrole nitrogens is 2. The van der Waals surface area contributed by atoms with Gasteiger partial charge in [-0.05, 0) is 105 Å². The van der Waals surface area contributed by atoms with Crippen LogP contribution in [0.4, 0.5) is 17.1 Å². The molecule has 0 amide bonds. The second-order valence-corrected chi connectivity index (χ2v) is 17.2. The fourth-order valence-corrected chi connectivity index (χ4v) is 8.88. The van der Waals surface area contributed by atoms with Crippen molar-refractivity contribution >= 4 is 62.3 Å². The lowest BCUT2D eigenvalue weighted by Gasteiger charge is -2.04. The van der Waals surface area contributed by atoms with E-state index in [4.69, 9.17) is 53.7 Å². The van der Waals surface area contributed by atoms with Gasteiger partial charge in [0, 0.05) is 35.1 Å². The SMILES string of the molecule is N=C(NO)c1ccc(C2=Nc3cc(-c4ccc5[nH]c(-c6ccc(C(=N)ON)cc6)nc5c4)ccc3C2)cc1.[C-]#[N+]c1ccc(-c2nc3ccc(-c4ccc5c(c4)N=C(c4ccc(C#N)cc4)C5)cc3[nH]2)cc1. The first-order valence-corrected chi connectivity index (χ1v) is 22.8. The lowest BCUT2D eigenvalue weighted by Crippen LogP contribution is -2.18. The highest BCUT2D eigenvalue weighted by Crippen LogP contribution is 2.37. The number of hydrogen-bond acceptors (Lipinski definition) is 10. The molecule has 14 nitrogen and oxygen atoms in total. The zero-order valence-electron chi connectivity index (χ0n) is 38.2. The minimum absolute atomic E-state index is 0.0456. The van der Waals surface area contributed by atoms with Gasteiger partial charge in [0.05, 0.1) is 63.1 Å². The van der Waals surface area contributed by atoms with Gasteiger partial charge in [0.1, 0.15) is 17.5 Å². The summed E-state index contributed by atoms with van der Waals surface area (Å²) in [5.74, 6) is 6.47. The Morgan fingerprint density at radius 3 is 1.65 bits per heavy atom. The number of aliphatic imine (C=N–C) groups is 2. The number of fused-ring (bicyclic) bond motifs is 4. The van der Waals surface area contributed by atoms with E-state index in [1.54, 1.807) is 36.4 Å². The number of nitrogens with two attached hydrogens (primary N) is 1. The molecule has 0 saturated carbocycles. The lowest BCUT2D eigenvalue weighted by molar-refractivity contribution is 0.234. The van der Waals surface area contributed by atoms with Gasteiger partial charge in [0.2, 0.25) is 5.90 Å². The Morgan fingerprint density at radius 1 is 0.583 bits per heavy atom. The molecule has 0 aliphatic carbocycles. The van der Waals surface area contributed by atoms with E-state index in [-0.39, 0.29) is 11.7 Å². The molecule has 2 aliphatic rings. The molecular weight excluding hydrogens is 897 g/mol. The summed E-state index contributed by atoms with van der Waals surface area (Å²) in [7, 11) is 0. The van der Waals surface area contributed by atoms with Crippen molar-refractivity contribution < 1.29 is 10.0 Å². The first-order chi connectivity index (χ1) is 35.2. The van der Waals surface area contributed by atoms with Gasteiger partial charge in [-0.15, -0.1) is 0 Å². The Morgan fingerprint density at radius 2 is 1.07 bits per heavy atom. The Kier molecular flexibility index (Phi) is 11.6. The van der Waals surface area contributed by atoms with E-state index < -0.39 is 0 Å². The molecule has 14 heteroatoms. The van der Waals surface area contributed by atoms with E-state index in [9.17, 15) is 0 Å². The van der Waals surface area contributed by atoms with Crippen molar-refractivity contribution in [1.29, 1.82) is 16.1 Å². The van der Waals surface area contributed by atoms with Crippen LogP contribution in [0, 0.1) is 28.7 Å². The zero-order chi connectivity index (χ0) is 49.3. The molecule has 2 aromatic heterocycles. The first-order valence-electron chi connectivity index (χ1n) is 22.8. The number of rotatable bonds is 8. The molecule has 4 heterocycles. The summed E-state index contributed by atoms with van der Waals surface area (Å²) in [6.07, 6.45) is 1.53. The zero-order valence-corrected chi connectivity index (χ0v) is 38.2. The number of nitrogens with one attached hydrogen (secondary N) is 5. The lowest BCUT2D eigenvalue weighted by atomic mass is 9.99. The van der Waals surface area contributed by atoms with Crippen LogP contribution < -0.4 is 11.4 Å². The van der Waals surface area contributed by atoms with Gasteiger partial charge in [0.15, 0.2) is 5.69 Å². The van der Waals surface area contributed by atoms with Crippen LogP contribution in [0.5, 0.6) is 0 Å². The van der Waals surface area contributed by atoms with Crippen LogP contribution in [0.2, 0.25) is 0 Å². The van der Waals surface area contributed by atoms with E-state index in [1.165, 1.54) is 5.56 Å². The summed E-state index contributed by atoms with van der Waals surface area (Å²) >= 11 is 0. The van der Waals surface area contributed by atoms with Crippen LogP contribution in [-0.4, -0.2) is 48.3 Å². The van der Waals surface area contributed by atoms with Gasteiger partial charge in [-0.1, -0.05) is 109 Å². The molecule has 10 aromatic rings. The molecule has 2 aliphatic heterocycles. The number of aromatic amines is 2. The summed E-state index contributed by atoms with van der Waals surface area (Å²) in [5, 5.41) is 33.3. The van der Waals surface area contributed by atoms with Gasteiger partial charge in [-0.3, -0.25) is 31.5 Å². The van der Waals surface area contributed by atoms with Crippen LogP contribution in [0.25, 0.3) is 71.9 Å². The standard InChI is InChI=1S/C29H23N7O2.C29H17N5/c30-27(36-37)17-3-1-16(2-4-17)24-15-22-10-9-20(13-25(22)33-24)21-11-12-23-26(14-21)35-29(34-23)19-7-5-18(6-8-19)28(31)38-32;1-31-24-11-8-20(9-12-24)29-33-25-13-10-22(15-28(25)34-29)21-6-7-23-16-26(32-27(23)14-21)19-4-2-18(17-30)3-5-19/h1-14,31,37H,15,32H2,(H2,30,36)(H,34,35);2-15H,16H2,(H,33,34). The molecule has 8 aromatic carbocycles. The molecule has 0 atom stereocenters. The highest BCUT2D eigenvalue weighted by Gasteiger charge is 2.20. The quantitative estimate of drug-likeness (QED) is 0.0337. The Bertz CT molecular complexity index is 3930. The van der Waals surface area contributed by atoms with Crippen LogP contribution in [0.1, 0.15) is 38.9 Å². The molecule has 0 radical (unpaired) electrons. The van der Waals surface area contributed by atoms with Crippen molar-refractivity contribution in [3.05, 3.63) is 220 Å². The molecule has 0 bridgehead atoms. The Balaban J connectivity index is 0.000000157. The van der Waals surface area contributed by atoms with Gasteiger partial charge in [-0.25, -0.2) is 14.8 Å². The van der Waals surface area contributed by atoms with Gasteiger partial charge >= 0.3 is 0 Å². The summed E-state index contributed by atoms with van der Waals surface area (Å²) in [5.41, 5.74) is 22.5. The van der Waals surface area contributed by atoms with E-state index in [0.29, 0.717) is 22.4 Å². The Labute approximate surface area is 412 Å². The fraction of sp³-hybridized carbons (Fsp3) is 0.0345. The second kappa shape index (κ2) is 18.8. The third-order valence-electron chi connectivity index (χ3n) is 12.8. The van der Waals surface area contributed by atoms with Crippen molar-refractivity contribution in [2.24, 2.45) is 15.9 Å². The summed E-state index contributed by atoms with van der Waals surface area (Å²) in [6.45, 7) is 7.11. The van der Waals surface area contributed by atoms with E-state index in [0.717, 1.165) is 119 Å². The number of hydroxylamine groups is 1. The second-order valence-electron chi connectivity index (χ2n) is 17.2. The normalized spacial score (nSPS) is 12.2. The minimum Gasteiger partial charge on any atom is -0.391 e. The molecule has 72 heavy (non-hydrogen) atoms. The minimum atomic E-state index is -0.0912. The number of imidazole rings is 2. The molecule has 0 spiro atoms. The molecule has 0 fully saturated rings. The number of aromatic nitrogens is 4. The van der Waals surface area contributed by atoms with E-state index in [2.05, 4.69) is 86.4 Å². The third kappa shape index (κ3) is 8.77. The summed E-state index contributed by atoms with van der Waals surface area (Å²) < 4.78 is 0. The van der Waals surface area contributed by atoms with Crippen molar-refractivity contribution in [1.82, 2.24) is 25.4 Å². The molecular formula is C58H40N12O2. The maximum absolute atomic E-state index is 9.02. The topological polar surface area (TPSA) is 225 Å². The number of benzene rings is 8. The average Bonchev–Trinajstić information content (AvgIpc) is 4.27. The number of nitrogens with zero attached hydrogens (tertiary/aromatic N) is 6.